The van der Waals surface area contributed by atoms with E-state index in [0.29, 0.717) is 5.92 Å². The summed E-state index contributed by atoms with van der Waals surface area (Å²) in [4.78, 5) is 0. The van der Waals surface area contributed by atoms with E-state index in [0.717, 1.165) is 12.0 Å². The highest BCUT2D eigenvalue weighted by molar-refractivity contribution is 5.23. The molecule has 0 N–H and O–H groups in total. The van der Waals surface area contributed by atoms with Crippen molar-refractivity contribution in [1.29, 1.82) is 0 Å². The van der Waals surface area contributed by atoms with Crippen molar-refractivity contribution < 1.29 is 0 Å². The molecule has 0 aromatic heterocycles. The minimum absolute atomic E-state index is 0.583. The van der Waals surface area contributed by atoms with Gasteiger partial charge in [0.2, 0.25) is 0 Å². The topological polar surface area (TPSA) is 0 Å². The van der Waals surface area contributed by atoms with Gasteiger partial charge in [0, 0.05) is 0 Å². The summed E-state index contributed by atoms with van der Waals surface area (Å²) in [6.07, 6.45) is 3.32. The summed E-state index contributed by atoms with van der Waals surface area (Å²) >= 11 is 0. The molecule has 0 spiro atoms. The molecule has 0 saturated carbocycles. The molecule has 0 saturated heterocycles. The van der Waals surface area contributed by atoms with Gasteiger partial charge in [-0.3, -0.25) is 0 Å². The lowest BCUT2D eigenvalue weighted by molar-refractivity contribution is 0.695. The van der Waals surface area contributed by atoms with Crippen LogP contribution in [0.1, 0.15) is 34.1 Å². The quantitative estimate of drug-likeness (QED) is 0.433. The van der Waals surface area contributed by atoms with E-state index in [2.05, 4.69) is 40.0 Å². The van der Waals surface area contributed by atoms with Gasteiger partial charge < -0.3 is 0 Å². The van der Waals surface area contributed by atoms with E-state index in [9.17, 15) is 0 Å². The average Bonchev–Trinajstić information content (AvgIpc) is 1.98. The standard InChI is InChI=1S/C12H20/c1-9(2)11(5)7-8-12(6)10(3)4/h7,12H,1,3,8H2,2,4-6H3/b11-7+. The fraction of sp³-hybridized carbons (Fsp3) is 0.500. The van der Waals surface area contributed by atoms with Crippen molar-refractivity contribution in [3.8, 4) is 0 Å². The summed E-state index contributed by atoms with van der Waals surface area (Å²) in [6.45, 7) is 16.2. The molecule has 0 aromatic rings. The Morgan fingerprint density at radius 2 is 1.75 bits per heavy atom. The molecular weight excluding hydrogens is 144 g/mol. The van der Waals surface area contributed by atoms with Crippen LogP contribution in [0.25, 0.3) is 0 Å². The van der Waals surface area contributed by atoms with Crippen LogP contribution in [0.5, 0.6) is 0 Å². The first-order chi connectivity index (χ1) is 5.45. The van der Waals surface area contributed by atoms with E-state index >= 15 is 0 Å². The molecule has 0 fully saturated rings. The van der Waals surface area contributed by atoms with E-state index in [1.807, 2.05) is 6.92 Å². The second-order valence-electron chi connectivity index (χ2n) is 3.65. The lowest BCUT2D eigenvalue weighted by Gasteiger charge is -2.08. The minimum Gasteiger partial charge on any atom is -0.0999 e. The van der Waals surface area contributed by atoms with Crippen LogP contribution in [0.4, 0.5) is 0 Å². The number of hydrogen-bond donors (Lipinski definition) is 0. The van der Waals surface area contributed by atoms with Crippen molar-refractivity contribution in [2.24, 2.45) is 5.92 Å². The van der Waals surface area contributed by atoms with Gasteiger partial charge in [-0.15, -0.1) is 0 Å². The molecule has 1 atom stereocenters. The Kier molecular flexibility index (Phi) is 4.65. The number of allylic oxidation sites excluding steroid dienone is 4. The Labute approximate surface area is 76.7 Å². The maximum Gasteiger partial charge on any atom is -0.0202 e. The summed E-state index contributed by atoms with van der Waals surface area (Å²) in [7, 11) is 0. The van der Waals surface area contributed by atoms with Crippen molar-refractivity contribution in [2.75, 3.05) is 0 Å². The SMILES string of the molecule is C=C(C)/C(C)=C/CC(C)C(=C)C. The molecule has 0 aromatic carbocycles. The smallest absolute Gasteiger partial charge is 0.0202 e. The van der Waals surface area contributed by atoms with Crippen molar-refractivity contribution in [1.82, 2.24) is 0 Å². The van der Waals surface area contributed by atoms with E-state index in [4.69, 9.17) is 0 Å². The van der Waals surface area contributed by atoms with Gasteiger partial charge in [0.15, 0.2) is 0 Å². The third-order valence-electron chi connectivity index (χ3n) is 2.29. The second-order valence-corrected chi connectivity index (χ2v) is 3.65. The van der Waals surface area contributed by atoms with Crippen molar-refractivity contribution in [3.63, 3.8) is 0 Å². The predicted molar refractivity (Wildman–Crippen MR) is 57.2 cm³/mol. The summed E-state index contributed by atoms with van der Waals surface area (Å²) in [5.41, 5.74) is 3.70. The Hall–Kier alpha value is -0.780. The Morgan fingerprint density at radius 3 is 2.08 bits per heavy atom. The van der Waals surface area contributed by atoms with Gasteiger partial charge in [-0.25, -0.2) is 0 Å². The fourth-order valence-electron chi connectivity index (χ4n) is 0.729. The third kappa shape index (κ3) is 4.17. The van der Waals surface area contributed by atoms with Crippen molar-refractivity contribution >= 4 is 0 Å². The van der Waals surface area contributed by atoms with E-state index in [1.54, 1.807) is 0 Å². The Balaban J connectivity index is 4.04. The molecule has 0 aliphatic heterocycles. The Bertz CT molecular complexity index is 206. The molecule has 0 rings (SSSR count). The molecule has 0 bridgehead atoms. The maximum absolute atomic E-state index is 3.93. The summed E-state index contributed by atoms with van der Waals surface area (Å²) in [5.74, 6) is 0.583. The molecule has 0 aliphatic rings. The second kappa shape index (κ2) is 4.97. The molecular formula is C12H20. The molecule has 1 unspecified atom stereocenters. The van der Waals surface area contributed by atoms with Crippen molar-refractivity contribution in [3.05, 3.63) is 36.0 Å². The third-order valence-corrected chi connectivity index (χ3v) is 2.29. The van der Waals surface area contributed by atoms with Crippen LogP contribution in [0, 0.1) is 5.92 Å². The lowest BCUT2D eigenvalue weighted by Crippen LogP contribution is -1.93. The lowest BCUT2D eigenvalue weighted by atomic mass is 9.98. The van der Waals surface area contributed by atoms with Crippen LogP contribution in [-0.2, 0) is 0 Å². The first kappa shape index (κ1) is 11.2. The monoisotopic (exact) mass is 164 g/mol. The Morgan fingerprint density at radius 1 is 1.25 bits per heavy atom. The number of rotatable bonds is 4. The highest BCUT2D eigenvalue weighted by Crippen LogP contribution is 2.15. The summed E-state index contributed by atoms with van der Waals surface area (Å²) in [5, 5.41) is 0. The minimum atomic E-state index is 0.583. The molecule has 0 heterocycles. The fourth-order valence-corrected chi connectivity index (χ4v) is 0.729. The van der Waals surface area contributed by atoms with Gasteiger partial charge in [0.05, 0.1) is 0 Å². The van der Waals surface area contributed by atoms with Crippen LogP contribution in [0.15, 0.2) is 36.0 Å². The van der Waals surface area contributed by atoms with Crippen molar-refractivity contribution in [2.45, 2.75) is 34.1 Å². The van der Waals surface area contributed by atoms with Crippen LogP contribution in [0.3, 0.4) is 0 Å². The van der Waals surface area contributed by atoms with Gasteiger partial charge in [0.1, 0.15) is 0 Å². The molecule has 0 radical (unpaired) electrons. The summed E-state index contributed by atoms with van der Waals surface area (Å²) in [6, 6.07) is 0. The molecule has 0 heteroatoms. The van der Waals surface area contributed by atoms with Gasteiger partial charge in [0.25, 0.3) is 0 Å². The zero-order valence-electron chi connectivity index (χ0n) is 8.78. The molecule has 0 aliphatic carbocycles. The summed E-state index contributed by atoms with van der Waals surface area (Å²) < 4.78 is 0. The first-order valence-electron chi connectivity index (χ1n) is 4.43. The largest absolute Gasteiger partial charge is 0.0999 e. The molecule has 12 heavy (non-hydrogen) atoms. The van der Waals surface area contributed by atoms with Gasteiger partial charge in [-0.2, -0.15) is 0 Å². The van der Waals surface area contributed by atoms with Crippen LogP contribution >= 0.6 is 0 Å². The van der Waals surface area contributed by atoms with Crippen LogP contribution in [0.2, 0.25) is 0 Å². The van der Waals surface area contributed by atoms with Gasteiger partial charge >= 0.3 is 0 Å². The molecule has 68 valence electrons. The van der Waals surface area contributed by atoms with Gasteiger partial charge in [-0.1, -0.05) is 42.9 Å². The van der Waals surface area contributed by atoms with E-state index in [-0.39, 0.29) is 0 Å². The van der Waals surface area contributed by atoms with E-state index in [1.165, 1.54) is 11.1 Å². The zero-order chi connectivity index (χ0) is 9.72. The van der Waals surface area contributed by atoms with E-state index < -0.39 is 0 Å². The van der Waals surface area contributed by atoms with Gasteiger partial charge in [-0.05, 0) is 33.1 Å². The predicted octanol–water partition coefficient (Wildman–Crippen LogP) is 4.11. The van der Waals surface area contributed by atoms with Crippen LogP contribution < -0.4 is 0 Å². The molecule has 0 nitrogen and oxygen atoms in total. The first-order valence-corrected chi connectivity index (χ1v) is 4.43. The average molecular weight is 164 g/mol. The highest BCUT2D eigenvalue weighted by Gasteiger charge is 1.99. The zero-order valence-corrected chi connectivity index (χ0v) is 8.78. The highest BCUT2D eigenvalue weighted by atomic mass is 14.0. The normalized spacial score (nSPS) is 14.2. The molecule has 0 amide bonds. The maximum atomic E-state index is 3.93. The van der Waals surface area contributed by atoms with Crippen LogP contribution in [-0.4, -0.2) is 0 Å². The number of hydrogen-bond acceptors (Lipinski definition) is 0.